The number of likely N-dealkylation sites (tertiary alicyclic amines) is 1. The Morgan fingerprint density at radius 2 is 1.81 bits per heavy atom. The molecular formula is C19H25N5O2. The van der Waals surface area contributed by atoms with Crippen molar-refractivity contribution >= 4 is 22.7 Å². The Bertz CT molecular complexity index is 1020. The highest BCUT2D eigenvalue weighted by atomic mass is 16.2. The van der Waals surface area contributed by atoms with Gasteiger partial charge in [0.15, 0.2) is 0 Å². The summed E-state index contributed by atoms with van der Waals surface area (Å²) in [6.45, 7) is 6.89. The lowest BCUT2D eigenvalue weighted by Crippen LogP contribution is -2.49. The molecule has 4 rings (SSSR count). The minimum atomic E-state index is -0.255. The summed E-state index contributed by atoms with van der Waals surface area (Å²) in [7, 11) is 0. The number of nitrogens with zero attached hydrogens (tertiary/aromatic N) is 5. The summed E-state index contributed by atoms with van der Waals surface area (Å²) in [5, 5.41) is 4.49. The van der Waals surface area contributed by atoms with Gasteiger partial charge in [-0.1, -0.05) is 12.1 Å². The standard InChI is InChI=1S/C19H25N5O2/c1-4-21-15-10-5-6-11-16(15)24-18(21)20-22(19(24)26)12-17(25)23-13(2)8-7-9-14(23)3/h5-6,10-11,13-14H,4,7-9,12H2,1-3H3/t13-,14-/m0/s1. The van der Waals surface area contributed by atoms with Crippen LogP contribution in [0.25, 0.3) is 16.8 Å². The highest BCUT2D eigenvalue weighted by Gasteiger charge is 2.30. The predicted octanol–water partition coefficient (Wildman–Crippen LogP) is 2.26. The normalized spacial score (nSPS) is 21.0. The molecule has 1 fully saturated rings. The third kappa shape index (κ3) is 2.45. The molecule has 0 aliphatic carbocycles. The van der Waals surface area contributed by atoms with Crippen LogP contribution in [0.3, 0.4) is 0 Å². The topological polar surface area (TPSA) is 64.5 Å². The minimum Gasteiger partial charge on any atom is -0.336 e. The summed E-state index contributed by atoms with van der Waals surface area (Å²) < 4.78 is 4.92. The maximum absolute atomic E-state index is 12.9. The second kappa shape index (κ2) is 6.30. The van der Waals surface area contributed by atoms with Crippen LogP contribution in [-0.4, -0.2) is 41.6 Å². The molecule has 138 valence electrons. The van der Waals surface area contributed by atoms with Crippen molar-refractivity contribution in [2.24, 2.45) is 0 Å². The molecule has 1 aliphatic heterocycles. The first-order valence-corrected chi connectivity index (χ1v) is 9.41. The number of hydrogen-bond acceptors (Lipinski definition) is 3. The fourth-order valence-corrected chi connectivity index (χ4v) is 4.31. The van der Waals surface area contributed by atoms with Crippen LogP contribution in [0, 0.1) is 0 Å². The van der Waals surface area contributed by atoms with Crippen molar-refractivity contribution in [3.05, 3.63) is 34.7 Å². The Labute approximate surface area is 151 Å². The quantitative estimate of drug-likeness (QED) is 0.724. The number of fused-ring (bicyclic) bond motifs is 3. The summed E-state index contributed by atoms with van der Waals surface area (Å²) in [6, 6.07) is 8.19. The van der Waals surface area contributed by atoms with E-state index < -0.39 is 0 Å². The van der Waals surface area contributed by atoms with Gasteiger partial charge in [0.1, 0.15) is 6.54 Å². The molecule has 7 nitrogen and oxygen atoms in total. The third-order valence-corrected chi connectivity index (χ3v) is 5.56. The van der Waals surface area contributed by atoms with Crippen LogP contribution in [0.15, 0.2) is 29.1 Å². The molecule has 7 heteroatoms. The van der Waals surface area contributed by atoms with E-state index in [0.717, 1.165) is 30.3 Å². The lowest BCUT2D eigenvalue weighted by molar-refractivity contribution is -0.138. The zero-order chi connectivity index (χ0) is 18.4. The van der Waals surface area contributed by atoms with Crippen LogP contribution in [0.5, 0.6) is 0 Å². The molecule has 26 heavy (non-hydrogen) atoms. The second-order valence-electron chi connectivity index (χ2n) is 7.24. The number of benzene rings is 1. The molecule has 2 aromatic heterocycles. The van der Waals surface area contributed by atoms with Crippen molar-refractivity contribution in [3.8, 4) is 0 Å². The molecule has 0 unspecified atom stereocenters. The number of amides is 1. The number of piperidine rings is 1. The monoisotopic (exact) mass is 355 g/mol. The molecule has 0 saturated carbocycles. The van der Waals surface area contributed by atoms with Gasteiger partial charge in [-0.2, -0.15) is 0 Å². The average Bonchev–Trinajstić information content (AvgIpc) is 3.09. The first-order chi connectivity index (χ1) is 12.5. The van der Waals surface area contributed by atoms with E-state index in [1.165, 1.54) is 4.68 Å². The van der Waals surface area contributed by atoms with Gasteiger partial charge in [-0.05, 0) is 52.2 Å². The van der Waals surface area contributed by atoms with Crippen molar-refractivity contribution in [1.29, 1.82) is 0 Å². The van der Waals surface area contributed by atoms with Gasteiger partial charge >= 0.3 is 5.69 Å². The van der Waals surface area contributed by atoms with Crippen LogP contribution in [0.1, 0.15) is 40.0 Å². The highest BCUT2D eigenvalue weighted by molar-refractivity contribution is 5.81. The number of aryl methyl sites for hydroxylation is 1. The smallest absolute Gasteiger partial charge is 0.336 e. The average molecular weight is 355 g/mol. The Balaban J connectivity index is 1.75. The number of rotatable bonds is 3. The number of hydrogen-bond donors (Lipinski definition) is 0. The lowest BCUT2D eigenvalue weighted by Gasteiger charge is -2.39. The van der Waals surface area contributed by atoms with Crippen LogP contribution < -0.4 is 5.69 Å². The van der Waals surface area contributed by atoms with E-state index >= 15 is 0 Å². The van der Waals surface area contributed by atoms with Gasteiger partial charge in [0.2, 0.25) is 11.7 Å². The van der Waals surface area contributed by atoms with Gasteiger partial charge < -0.3 is 9.47 Å². The number of carbonyl (C=O) groups is 1. The van der Waals surface area contributed by atoms with Gasteiger partial charge in [-0.3, -0.25) is 4.79 Å². The summed E-state index contributed by atoms with van der Waals surface area (Å²) in [6.07, 6.45) is 3.18. The van der Waals surface area contributed by atoms with Gasteiger partial charge in [0.25, 0.3) is 0 Å². The molecule has 1 saturated heterocycles. The second-order valence-corrected chi connectivity index (χ2v) is 7.24. The van der Waals surface area contributed by atoms with Crippen molar-refractivity contribution in [1.82, 2.24) is 23.6 Å². The SMILES string of the molecule is CCn1c2ccccc2n2c(=O)n(CC(=O)N3[C@@H](C)CCC[C@@H]3C)nc12. The van der Waals surface area contributed by atoms with Gasteiger partial charge in [-0.15, -0.1) is 5.10 Å². The van der Waals surface area contributed by atoms with Gasteiger partial charge in [-0.25, -0.2) is 13.9 Å². The van der Waals surface area contributed by atoms with E-state index in [9.17, 15) is 9.59 Å². The summed E-state index contributed by atoms with van der Waals surface area (Å²) in [5.41, 5.74) is 1.55. The maximum atomic E-state index is 12.9. The molecule has 0 N–H and O–H groups in total. The van der Waals surface area contributed by atoms with Gasteiger partial charge in [0, 0.05) is 18.6 Å². The van der Waals surface area contributed by atoms with Crippen LogP contribution >= 0.6 is 0 Å². The van der Waals surface area contributed by atoms with Gasteiger partial charge in [0.05, 0.1) is 11.0 Å². The summed E-state index contributed by atoms with van der Waals surface area (Å²) in [4.78, 5) is 27.7. The molecule has 3 heterocycles. The van der Waals surface area contributed by atoms with E-state index in [0.29, 0.717) is 12.3 Å². The van der Waals surface area contributed by atoms with Crippen molar-refractivity contribution in [2.45, 2.75) is 65.2 Å². The van der Waals surface area contributed by atoms with Crippen LogP contribution in [0.2, 0.25) is 0 Å². The maximum Gasteiger partial charge on any atom is 0.352 e. The first-order valence-electron chi connectivity index (χ1n) is 9.41. The minimum absolute atomic E-state index is 0.00671. The molecule has 1 amide bonds. The van der Waals surface area contributed by atoms with Crippen LogP contribution in [-0.2, 0) is 17.9 Å². The lowest BCUT2D eigenvalue weighted by atomic mass is 9.97. The van der Waals surface area contributed by atoms with E-state index in [-0.39, 0.29) is 30.2 Å². The fourth-order valence-electron chi connectivity index (χ4n) is 4.31. The molecule has 0 spiro atoms. The van der Waals surface area contributed by atoms with Crippen molar-refractivity contribution in [2.75, 3.05) is 0 Å². The Kier molecular flexibility index (Phi) is 4.09. The number of imidazole rings is 1. The summed E-state index contributed by atoms with van der Waals surface area (Å²) >= 11 is 0. The molecule has 0 bridgehead atoms. The molecule has 1 aromatic carbocycles. The number of carbonyl (C=O) groups excluding carboxylic acids is 1. The van der Waals surface area contributed by atoms with E-state index in [4.69, 9.17) is 0 Å². The Morgan fingerprint density at radius 3 is 2.46 bits per heavy atom. The zero-order valence-electron chi connectivity index (χ0n) is 15.6. The Hall–Kier alpha value is -2.57. The molecular weight excluding hydrogens is 330 g/mol. The fraction of sp³-hybridized carbons (Fsp3) is 0.526. The predicted molar refractivity (Wildman–Crippen MR) is 100 cm³/mol. The van der Waals surface area contributed by atoms with Crippen LogP contribution in [0.4, 0.5) is 0 Å². The van der Waals surface area contributed by atoms with Crippen molar-refractivity contribution < 1.29 is 4.79 Å². The third-order valence-electron chi connectivity index (χ3n) is 5.56. The van der Waals surface area contributed by atoms with E-state index in [1.54, 1.807) is 4.40 Å². The van der Waals surface area contributed by atoms with Crippen molar-refractivity contribution in [3.63, 3.8) is 0 Å². The first kappa shape index (κ1) is 16.9. The molecule has 2 atom stereocenters. The number of para-hydroxylation sites is 2. The van der Waals surface area contributed by atoms with E-state index in [2.05, 4.69) is 18.9 Å². The molecule has 1 aliphatic rings. The zero-order valence-corrected chi connectivity index (χ0v) is 15.6. The Morgan fingerprint density at radius 1 is 1.15 bits per heavy atom. The summed E-state index contributed by atoms with van der Waals surface area (Å²) in [5.74, 6) is 0.561. The highest BCUT2D eigenvalue weighted by Crippen LogP contribution is 2.23. The molecule has 0 radical (unpaired) electrons. The largest absolute Gasteiger partial charge is 0.352 e. The molecule has 3 aromatic rings. The number of aromatic nitrogens is 4. The van der Waals surface area contributed by atoms with E-state index in [1.807, 2.05) is 40.7 Å².